The van der Waals surface area contributed by atoms with Crippen molar-refractivity contribution in [2.24, 2.45) is 5.41 Å². The van der Waals surface area contributed by atoms with Crippen LogP contribution in [0.25, 0.3) is 0 Å². The number of urea groups is 1. The Hall–Kier alpha value is -2.24. The zero-order valence-electron chi connectivity index (χ0n) is 10.9. The van der Waals surface area contributed by atoms with E-state index < -0.39 is 35.1 Å². The summed E-state index contributed by atoms with van der Waals surface area (Å²) in [5.41, 5.74) is -0.853. The van der Waals surface area contributed by atoms with Gasteiger partial charge in [-0.25, -0.2) is 9.18 Å². The normalized spacial score (nSPS) is 21.9. The summed E-state index contributed by atoms with van der Waals surface area (Å²) in [7, 11) is 0. The number of hydrogen-bond donors (Lipinski definition) is 1. The molecule has 1 N–H and O–H groups in total. The number of imide groups is 2. The predicted molar refractivity (Wildman–Crippen MR) is 66.9 cm³/mol. The first kappa shape index (κ1) is 12.8. The molecule has 20 heavy (non-hydrogen) atoms. The lowest BCUT2D eigenvalue weighted by Gasteiger charge is -2.34. The van der Waals surface area contributed by atoms with Crippen LogP contribution in [-0.4, -0.2) is 22.7 Å². The van der Waals surface area contributed by atoms with Gasteiger partial charge in [-0.2, -0.15) is 0 Å². The number of barbiturate groups is 1. The average Bonchev–Trinajstić information content (AvgIpc) is 3.19. The van der Waals surface area contributed by atoms with Crippen molar-refractivity contribution < 1.29 is 18.8 Å². The van der Waals surface area contributed by atoms with E-state index in [4.69, 9.17) is 0 Å². The summed E-state index contributed by atoms with van der Waals surface area (Å²) in [6.07, 6.45) is 0.872. The Morgan fingerprint density at radius 1 is 1.25 bits per heavy atom. The molecule has 1 heterocycles. The van der Waals surface area contributed by atoms with E-state index in [9.17, 15) is 18.8 Å². The molecule has 1 saturated carbocycles. The summed E-state index contributed by atoms with van der Waals surface area (Å²) in [5, 5.41) is 2.19. The highest BCUT2D eigenvalue weighted by molar-refractivity contribution is 6.21. The minimum atomic E-state index is -1.10. The van der Waals surface area contributed by atoms with Gasteiger partial charge in [-0.15, -0.1) is 0 Å². The second-order valence-corrected chi connectivity index (χ2v) is 5.21. The monoisotopic (exact) mass is 276 g/mol. The Morgan fingerprint density at radius 2 is 1.90 bits per heavy atom. The molecule has 1 aliphatic heterocycles. The van der Waals surface area contributed by atoms with Crippen LogP contribution in [-0.2, 0) is 9.59 Å². The highest BCUT2D eigenvalue weighted by atomic mass is 19.1. The minimum Gasteiger partial charge on any atom is -0.277 e. The Morgan fingerprint density at radius 3 is 2.50 bits per heavy atom. The molecule has 6 heteroatoms. The molecule has 1 aromatic carbocycles. The Kier molecular flexibility index (Phi) is 2.64. The third kappa shape index (κ3) is 1.64. The summed E-state index contributed by atoms with van der Waals surface area (Å²) < 4.78 is 13.8. The molecule has 1 spiro atoms. The van der Waals surface area contributed by atoms with Gasteiger partial charge in [-0.3, -0.25) is 19.8 Å². The molecule has 0 radical (unpaired) electrons. The highest BCUT2D eigenvalue weighted by Crippen LogP contribution is 2.50. The van der Waals surface area contributed by atoms with E-state index in [-0.39, 0.29) is 5.56 Å². The van der Waals surface area contributed by atoms with Gasteiger partial charge in [0.2, 0.25) is 11.8 Å². The van der Waals surface area contributed by atoms with E-state index >= 15 is 0 Å². The van der Waals surface area contributed by atoms with Crippen LogP contribution in [0.1, 0.15) is 31.4 Å². The molecule has 2 fully saturated rings. The number of benzene rings is 1. The fourth-order valence-corrected chi connectivity index (χ4v) is 2.57. The molecule has 2 aliphatic rings. The molecule has 1 saturated heterocycles. The van der Waals surface area contributed by atoms with Crippen LogP contribution in [0.3, 0.4) is 0 Å². The zero-order chi connectivity index (χ0) is 14.5. The molecule has 1 aromatic rings. The highest BCUT2D eigenvalue weighted by Gasteiger charge is 2.62. The largest absolute Gasteiger partial charge is 0.331 e. The van der Waals surface area contributed by atoms with Crippen molar-refractivity contribution in [2.45, 2.75) is 25.8 Å². The number of carbonyl (C=O) groups excluding carboxylic acids is 3. The summed E-state index contributed by atoms with van der Waals surface area (Å²) in [5.74, 6) is -1.55. The number of rotatable bonds is 2. The molecular weight excluding hydrogens is 263 g/mol. The second-order valence-electron chi connectivity index (χ2n) is 5.21. The van der Waals surface area contributed by atoms with Gasteiger partial charge in [0.05, 0.1) is 6.04 Å². The van der Waals surface area contributed by atoms with E-state index in [1.54, 1.807) is 13.0 Å². The van der Waals surface area contributed by atoms with Crippen molar-refractivity contribution in [1.29, 1.82) is 0 Å². The van der Waals surface area contributed by atoms with Crippen LogP contribution < -0.4 is 5.32 Å². The molecular formula is C14H13FN2O3. The average molecular weight is 276 g/mol. The quantitative estimate of drug-likeness (QED) is 0.837. The lowest BCUT2D eigenvalue weighted by atomic mass is 9.98. The number of nitrogens with one attached hydrogen (secondary N) is 1. The molecule has 1 unspecified atom stereocenters. The number of carbonyl (C=O) groups is 3. The molecule has 5 nitrogen and oxygen atoms in total. The van der Waals surface area contributed by atoms with Gasteiger partial charge in [-0.05, 0) is 25.8 Å². The standard InChI is InChI=1S/C14H13FN2O3/c1-8(9-4-2-3-5-10(9)15)17-12(19)14(6-7-14)11(18)16-13(17)20/h2-5,8H,6-7H2,1H3,(H,16,18,20). The van der Waals surface area contributed by atoms with E-state index in [1.165, 1.54) is 18.2 Å². The molecule has 3 rings (SSSR count). The maximum absolute atomic E-state index is 13.8. The Labute approximate surface area is 114 Å². The summed E-state index contributed by atoms with van der Waals surface area (Å²) in [4.78, 5) is 37.0. The fourth-order valence-electron chi connectivity index (χ4n) is 2.57. The first-order chi connectivity index (χ1) is 9.47. The van der Waals surface area contributed by atoms with Gasteiger partial charge in [0.15, 0.2) is 0 Å². The number of amides is 4. The predicted octanol–water partition coefficient (Wildman–Crippen LogP) is 1.75. The Balaban J connectivity index is 1.97. The van der Waals surface area contributed by atoms with Crippen molar-refractivity contribution in [3.05, 3.63) is 35.6 Å². The SMILES string of the molecule is CC(c1ccccc1F)N1C(=O)NC(=O)C2(CC2)C1=O. The minimum absolute atomic E-state index is 0.251. The molecule has 0 aromatic heterocycles. The van der Waals surface area contributed by atoms with Gasteiger partial charge in [0.1, 0.15) is 11.2 Å². The summed E-state index contributed by atoms with van der Waals surface area (Å²) in [6.45, 7) is 1.57. The lowest BCUT2D eigenvalue weighted by molar-refractivity contribution is -0.146. The van der Waals surface area contributed by atoms with Gasteiger partial charge < -0.3 is 0 Å². The van der Waals surface area contributed by atoms with Crippen LogP contribution in [0, 0.1) is 11.2 Å². The van der Waals surface area contributed by atoms with Crippen molar-refractivity contribution in [1.82, 2.24) is 10.2 Å². The molecule has 0 bridgehead atoms. The third-order valence-corrected chi connectivity index (χ3v) is 3.99. The van der Waals surface area contributed by atoms with E-state index in [0.717, 1.165) is 4.90 Å². The Bertz CT molecular complexity index is 625. The first-order valence-corrected chi connectivity index (χ1v) is 6.41. The molecule has 1 aliphatic carbocycles. The van der Waals surface area contributed by atoms with Crippen LogP contribution >= 0.6 is 0 Å². The lowest BCUT2D eigenvalue weighted by Crippen LogP contribution is -2.59. The van der Waals surface area contributed by atoms with E-state index in [1.807, 2.05) is 0 Å². The number of halogens is 1. The van der Waals surface area contributed by atoms with E-state index in [2.05, 4.69) is 5.32 Å². The maximum atomic E-state index is 13.8. The number of hydrogen-bond acceptors (Lipinski definition) is 3. The zero-order valence-corrected chi connectivity index (χ0v) is 10.9. The van der Waals surface area contributed by atoms with Crippen LogP contribution in [0.15, 0.2) is 24.3 Å². The van der Waals surface area contributed by atoms with Crippen LogP contribution in [0.5, 0.6) is 0 Å². The summed E-state index contributed by atoms with van der Waals surface area (Å²) >= 11 is 0. The van der Waals surface area contributed by atoms with Crippen LogP contribution in [0.4, 0.5) is 9.18 Å². The second kappa shape index (κ2) is 4.13. The smallest absolute Gasteiger partial charge is 0.277 e. The van der Waals surface area contributed by atoms with E-state index in [0.29, 0.717) is 12.8 Å². The van der Waals surface area contributed by atoms with Crippen molar-refractivity contribution in [3.63, 3.8) is 0 Å². The van der Waals surface area contributed by atoms with Crippen molar-refractivity contribution in [3.8, 4) is 0 Å². The van der Waals surface area contributed by atoms with Crippen molar-refractivity contribution >= 4 is 17.8 Å². The van der Waals surface area contributed by atoms with Gasteiger partial charge in [-0.1, -0.05) is 18.2 Å². The van der Waals surface area contributed by atoms with Crippen LogP contribution in [0.2, 0.25) is 0 Å². The number of nitrogens with zero attached hydrogens (tertiary/aromatic N) is 1. The fraction of sp³-hybridized carbons (Fsp3) is 0.357. The maximum Gasteiger partial charge on any atom is 0.331 e. The molecule has 4 amide bonds. The molecule has 1 atom stereocenters. The first-order valence-electron chi connectivity index (χ1n) is 6.41. The van der Waals surface area contributed by atoms with Crippen molar-refractivity contribution in [2.75, 3.05) is 0 Å². The van der Waals surface area contributed by atoms with Gasteiger partial charge in [0.25, 0.3) is 0 Å². The molecule has 104 valence electrons. The van der Waals surface area contributed by atoms with Gasteiger partial charge >= 0.3 is 6.03 Å². The summed E-state index contributed by atoms with van der Waals surface area (Å²) in [6, 6.07) is 4.43. The topological polar surface area (TPSA) is 66.5 Å². The third-order valence-electron chi connectivity index (χ3n) is 3.99. The van der Waals surface area contributed by atoms with Gasteiger partial charge in [0, 0.05) is 5.56 Å².